The first-order valence-corrected chi connectivity index (χ1v) is 15.9. The van der Waals surface area contributed by atoms with Gasteiger partial charge in [-0.2, -0.15) is 0 Å². The number of cyclic esters (lactones) is 1. The smallest absolute Gasteiger partial charge is 0.330 e. The molecular weight excluding hydrogens is 618 g/mol. The Morgan fingerprint density at radius 2 is 1.64 bits per heavy atom. The molecule has 0 radical (unpaired) electrons. The van der Waals surface area contributed by atoms with E-state index in [1.807, 2.05) is 6.08 Å². The Morgan fingerprint density at radius 3 is 2.36 bits per heavy atom. The first kappa shape index (κ1) is 37.1. The highest BCUT2D eigenvalue weighted by atomic mass is 16.7. The Hall–Kier alpha value is -2.76. The predicted octanol–water partition coefficient (Wildman–Crippen LogP) is 0.120. The second-order valence-corrected chi connectivity index (χ2v) is 12.6. The summed E-state index contributed by atoms with van der Waals surface area (Å²) in [5.74, 6) is -5.45. The van der Waals surface area contributed by atoms with Crippen molar-refractivity contribution < 1.29 is 63.9 Å². The van der Waals surface area contributed by atoms with Crippen molar-refractivity contribution in [1.29, 1.82) is 0 Å². The molecule has 14 heteroatoms. The molecule has 14 atom stereocenters. The van der Waals surface area contributed by atoms with Crippen LogP contribution in [0, 0.1) is 5.92 Å². The normalized spacial score (nSPS) is 47.2. The zero-order valence-electron chi connectivity index (χ0n) is 26.4. The van der Waals surface area contributed by atoms with Gasteiger partial charge in [0.05, 0.1) is 48.8 Å². The van der Waals surface area contributed by atoms with Crippen LogP contribution >= 0.6 is 0 Å². The van der Waals surface area contributed by atoms with Gasteiger partial charge in [0.1, 0.15) is 24.2 Å². The number of rotatable bonds is 3. The number of carbonyl (C=O) groups excluding carboxylic acids is 1. The number of aliphatic hydroxyl groups is 5. The molecule has 14 nitrogen and oxygen atoms in total. The van der Waals surface area contributed by atoms with E-state index in [1.165, 1.54) is 12.2 Å². The molecular formula is C33H47NO13. The van der Waals surface area contributed by atoms with Crippen LogP contribution in [0.25, 0.3) is 0 Å². The topological polar surface area (TPSA) is 231 Å². The van der Waals surface area contributed by atoms with Crippen molar-refractivity contribution in [3.05, 3.63) is 60.8 Å². The number of hydrogen-bond donors (Lipinski definition) is 7. The lowest BCUT2D eigenvalue weighted by molar-refractivity contribution is -0.308. The molecule has 0 unspecified atom stereocenters. The summed E-state index contributed by atoms with van der Waals surface area (Å²) in [4.78, 5) is 24.4. The number of carboxylic acid groups (broad SMARTS) is 1. The molecule has 0 aliphatic carbocycles. The number of aliphatic hydroxyl groups excluding tert-OH is 4. The molecule has 262 valence electrons. The summed E-state index contributed by atoms with van der Waals surface area (Å²) < 4.78 is 28.5. The number of carboxylic acids is 1. The molecule has 4 aliphatic rings. The van der Waals surface area contributed by atoms with Crippen LogP contribution in [0.3, 0.4) is 0 Å². The Labute approximate surface area is 273 Å². The van der Waals surface area contributed by atoms with Crippen LogP contribution in [0.5, 0.6) is 0 Å². The summed E-state index contributed by atoms with van der Waals surface area (Å²) in [5, 5.41) is 63.9. The van der Waals surface area contributed by atoms with E-state index in [0.29, 0.717) is 6.42 Å². The van der Waals surface area contributed by atoms with E-state index in [1.54, 1.807) is 56.4 Å². The number of epoxide rings is 1. The molecule has 0 amide bonds. The molecule has 0 aromatic heterocycles. The highest BCUT2D eigenvalue weighted by molar-refractivity contribution is 5.82. The summed E-state index contributed by atoms with van der Waals surface area (Å²) >= 11 is 0. The van der Waals surface area contributed by atoms with Gasteiger partial charge in [0.15, 0.2) is 12.1 Å². The van der Waals surface area contributed by atoms with Crippen LogP contribution in [0.4, 0.5) is 0 Å². The summed E-state index contributed by atoms with van der Waals surface area (Å²) in [6, 6.07) is -1.08. The maximum atomic E-state index is 12.3. The van der Waals surface area contributed by atoms with Gasteiger partial charge in [-0.15, -0.1) is 0 Å². The SMILES string of the molecule is C[C@@H]1C/C=C/C=C/C=C/C=C/[C@H](O[C@@H]2O[C@H](C)[C@H](O)[C@H](N)[C@@H]2O)C[C@H]2O[C@@](O)(C[C@H](O)C[C@@H]3O[C@@H]3/C=C/C(=O)O1)C[C@@H](O)[C@H]2C(=O)O. The number of hydrogen-bond acceptors (Lipinski definition) is 13. The van der Waals surface area contributed by atoms with Crippen molar-refractivity contribution in [3.8, 4) is 0 Å². The highest BCUT2D eigenvalue weighted by Crippen LogP contribution is 2.39. The van der Waals surface area contributed by atoms with E-state index < -0.39 is 97.3 Å². The molecule has 47 heavy (non-hydrogen) atoms. The van der Waals surface area contributed by atoms with Crippen LogP contribution < -0.4 is 5.73 Å². The fraction of sp³-hybridized carbons (Fsp3) is 0.636. The summed E-state index contributed by atoms with van der Waals surface area (Å²) in [6.07, 6.45) is 5.25. The van der Waals surface area contributed by atoms with Gasteiger partial charge < -0.3 is 60.1 Å². The van der Waals surface area contributed by atoms with E-state index in [0.717, 1.165) is 0 Å². The van der Waals surface area contributed by atoms with Crippen molar-refractivity contribution in [2.45, 2.75) is 125 Å². The highest BCUT2D eigenvalue weighted by Gasteiger charge is 2.51. The summed E-state index contributed by atoms with van der Waals surface area (Å²) in [5.41, 5.74) is 5.98. The Balaban J connectivity index is 1.58. The van der Waals surface area contributed by atoms with Gasteiger partial charge in [0.25, 0.3) is 0 Å². The quantitative estimate of drug-likeness (QED) is 0.157. The number of nitrogens with two attached hydrogens (primary N) is 1. The minimum atomic E-state index is -2.10. The molecule has 0 saturated carbocycles. The van der Waals surface area contributed by atoms with Crippen molar-refractivity contribution >= 4 is 11.9 Å². The first-order valence-electron chi connectivity index (χ1n) is 15.9. The van der Waals surface area contributed by atoms with E-state index in [9.17, 15) is 40.2 Å². The van der Waals surface area contributed by atoms with Crippen molar-refractivity contribution in [2.24, 2.45) is 11.7 Å². The number of ether oxygens (including phenoxy) is 5. The minimum Gasteiger partial charge on any atom is -0.481 e. The molecule has 4 rings (SSSR count). The second kappa shape index (κ2) is 16.6. The number of fused-ring (bicyclic) bond motifs is 3. The first-order chi connectivity index (χ1) is 22.3. The lowest BCUT2D eigenvalue weighted by Crippen LogP contribution is -2.61. The van der Waals surface area contributed by atoms with Crippen LogP contribution in [0.15, 0.2) is 60.8 Å². The van der Waals surface area contributed by atoms with E-state index >= 15 is 0 Å². The van der Waals surface area contributed by atoms with E-state index in [4.69, 9.17) is 29.4 Å². The van der Waals surface area contributed by atoms with Crippen molar-refractivity contribution in [2.75, 3.05) is 0 Å². The molecule has 8 N–H and O–H groups in total. The van der Waals surface area contributed by atoms with Crippen LogP contribution in [-0.4, -0.2) is 122 Å². The molecule has 4 aliphatic heterocycles. The van der Waals surface area contributed by atoms with Gasteiger partial charge in [-0.25, -0.2) is 4.79 Å². The molecule has 4 heterocycles. The third kappa shape index (κ3) is 10.6. The number of allylic oxidation sites excluding steroid dienone is 6. The molecule has 0 aromatic rings. The predicted molar refractivity (Wildman–Crippen MR) is 165 cm³/mol. The van der Waals surface area contributed by atoms with Gasteiger partial charge in [-0.05, 0) is 19.9 Å². The van der Waals surface area contributed by atoms with Gasteiger partial charge >= 0.3 is 11.9 Å². The van der Waals surface area contributed by atoms with E-state index in [2.05, 4.69) is 0 Å². The third-order valence-corrected chi connectivity index (χ3v) is 8.58. The molecule has 0 aromatic carbocycles. The Bertz CT molecular complexity index is 1220. The number of carbonyl (C=O) groups is 2. The lowest BCUT2D eigenvalue weighted by atomic mass is 9.83. The van der Waals surface area contributed by atoms with Crippen LogP contribution in [0.2, 0.25) is 0 Å². The van der Waals surface area contributed by atoms with E-state index in [-0.39, 0.29) is 25.4 Å². The maximum absolute atomic E-state index is 12.3. The monoisotopic (exact) mass is 665 g/mol. The summed E-state index contributed by atoms with van der Waals surface area (Å²) in [6.45, 7) is 3.34. The average Bonchev–Trinajstić information content (AvgIpc) is 3.72. The zero-order chi connectivity index (χ0) is 34.3. The fourth-order valence-electron chi connectivity index (χ4n) is 6.00. The molecule has 3 fully saturated rings. The van der Waals surface area contributed by atoms with Gasteiger partial charge in [0, 0.05) is 38.2 Å². The molecule has 0 spiro atoms. The lowest BCUT2D eigenvalue weighted by Gasteiger charge is -2.45. The van der Waals surface area contributed by atoms with Crippen molar-refractivity contribution in [3.63, 3.8) is 0 Å². The fourth-order valence-corrected chi connectivity index (χ4v) is 6.00. The zero-order valence-corrected chi connectivity index (χ0v) is 26.4. The summed E-state index contributed by atoms with van der Waals surface area (Å²) in [7, 11) is 0. The number of esters is 1. The van der Waals surface area contributed by atoms with Gasteiger partial charge in [0.2, 0.25) is 0 Å². The Morgan fingerprint density at radius 1 is 0.936 bits per heavy atom. The van der Waals surface area contributed by atoms with Crippen LogP contribution in [0.1, 0.15) is 46.0 Å². The average molecular weight is 666 g/mol. The third-order valence-electron chi connectivity index (χ3n) is 8.58. The Kier molecular flexibility index (Phi) is 13.1. The largest absolute Gasteiger partial charge is 0.481 e. The molecule has 2 bridgehead atoms. The second-order valence-electron chi connectivity index (χ2n) is 12.6. The molecule has 3 saturated heterocycles. The minimum absolute atomic E-state index is 0.0789. The maximum Gasteiger partial charge on any atom is 0.330 e. The standard InChI is InChI=1S/C33H47NO13/c1-18-10-8-6-4-3-5-7-9-11-21(45-32-30(39)28(34)29(38)19(2)44-32)15-25-27(31(40)41)22(36)17-33(42,47-25)16-20(35)14-24-23(46-24)12-13-26(37)43-18/h3-9,11-13,18-25,27-30,32,35-36,38-39,42H,10,14-17,34H2,1-2H3,(H,40,41)/b4-3+,7-5+,8-6+,11-9+,13-12+/t18-,19-,20-,21+,22-,23-,24+,25-,27-,28+,29+,30+,32+,33+/m1/s1. The number of aliphatic carboxylic acids is 1. The van der Waals surface area contributed by atoms with Gasteiger partial charge in [-0.1, -0.05) is 48.6 Å². The van der Waals surface area contributed by atoms with Crippen LogP contribution in [-0.2, 0) is 33.3 Å². The van der Waals surface area contributed by atoms with Crippen molar-refractivity contribution in [1.82, 2.24) is 0 Å². The van der Waals surface area contributed by atoms with Gasteiger partial charge in [-0.3, -0.25) is 4.79 Å².